The van der Waals surface area contributed by atoms with E-state index in [1.165, 1.54) is 53.2 Å². The van der Waals surface area contributed by atoms with Gasteiger partial charge in [-0.2, -0.15) is 0 Å². The number of aliphatic hydroxyl groups excluding tert-OH is 2. The van der Waals surface area contributed by atoms with Crippen molar-refractivity contribution in [3.63, 3.8) is 0 Å². The van der Waals surface area contributed by atoms with Gasteiger partial charge in [0.05, 0.1) is 53.0 Å². The summed E-state index contributed by atoms with van der Waals surface area (Å²) < 4.78 is 23.5. The van der Waals surface area contributed by atoms with Crippen molar-refractivity contribution in [3.05, 3.63) is 52.8 Å². The van der Waals surface area contributed by atoms with Crippen molar-refractivity contribution in [2.24, 2.45) is 28.8 Å². The number of benzene rings is 2. The second kappa shape index (κ2) is 19.8. The average Bonchev–Trinajstić information content (AvgIpc) is 3.46. The molecule has 3 aliphatic rings. The normalized spacial score (nSPS) is 30.1. The zero-order chi connectivity index (χ0) is 43.9. The fourth-order valence-electron chi connectivity index (χ4n) is 7.61. The van der Waals surface area contributed by atoms with E-state index in [1.807, 2.05) is 0 Å². The first-order valence-corrected chi connectivity index (χ1v) is 20.1. The van der Waals surface area contributed by atoms with Crippen molar-refractivity contribution in [1.82, 2.24) is 0 Å². The Morgan fingerprint density at radius 1 is 0.949 bits per heavy atom. The van der Waals surface area contributed by atoms with Crippen molar-refractivity contribution in [2.75, 3.05) is 19.0 Å². The van der Waals surface area contributed by atoms with Crippen molar-refractivity contribution >= 4 is 40.3 Å². The van der Waals surface area contributed by atoms with E-state index < -0.39 is 88.8 Å². The molecule has 0 fully saturated rings. The highest BCUT2D eigenvalue weighted by Gasteiger charge is 2.50. The van der Waals surface area contributed by atoms with Crippen LogP contribution in [0.15, 0.2) is 41.3 Å². The van der Waals surface area contributed by atoms with Crippen LogP contribution in [0.2, 0.25) is 0 Å². The van der Waals surface area contributed by atoms with E-state index in [1.54, 1.807) is 39.8 Å². The maximum atomic E-state index is 14.4. The van der Waals surface area contributed by atoms with E-state index in [0.717, 1.165) is 25.5 Å². The molecule has 6 N–H and O–H groups in total. The molecule has 3 heterocycles. The summed E-state index contributed by atoms with van der Waals surface area (Å²) in [6.07, 6.45) is 8.25. The Morgan fingerprint density at radius 3 is 2.29 bits per heavy atom. The van der Waals surface area contributed by atoms with Crippen LogP contribution in [0.5, 0.6) is 23.0 Å². The van der Waals surface area contributed by atoms with Gasteiger partial charge in [0.2, 0.25) is 0 Å². The molecule has 0 saturated carbocycles. The Labute approximate surface area is 345 Å². The smallest absolute Gasteiger partial charge is 0.312 e. The number of nitrogens with one attached hydrogen (secondary N) is 1. The zero-order valence-corrected chi connectivity index (χ0v) is 35.6. The Hall–Kier alpha value is -5.12. The lowest BCUT2D eigenvalue weighted by Gasteiger charge is -2.38. The third kappa shape index (κ3) is 9.85. The Kier molecular flexibility index (Phi) is 15.6. The summed E-state index contributed by atoms with van der Waals surface area (Å²) in [5, 5.41) is 64.1. The number of methoxy groups -OCH3 is 1. The van der Waals surface area contributed by atoms with Crippen molar-refractivity contribution in [3.8, 4) is 23.0 Å². The molecule has 9 atom stereocenters. The van der Waals surface area contributed by atoms with Crippen molar-refractivity contribution in [2.45, 2.75) is 118 Å². The highest BCUT2D eigenvalue weighted by Crippen LogP contribution is 2.55. The average molecular weight is 825 g/mol. The van der Waals surface area contributed by atoms with E-state index in [-0.39, 0.29) is 51.1 Å². The van der Waals surface area contributed by atoms with E-state index in [4.69, 9.17) is 23.8 Å². The van der Waals surface area contributed by atoms with Gasteiger partial charge in [0.1, 0.15) is 30.0 Å². The number of Topliss-reactive ketones (excluding diaryl/α,β-unsaturated/α-hetero) is 1. The van der Waals surface area contributed by atoms with Crippen LogP contribution in [-0.2, 0) is 28.6 Å². The highest BCUT2D eigenvalue weighted by molar-refractivity contribution is 6.23. The summed E-state index contributed by atoms with van der Waals surface area (Å²) in [6.45, 7) is 14.8. The van der Waals surface area contributed by atoms with Gasteiger partial charge in [0.25, 0.3) is 11.7 Å². The SMILES string of the molecule is CCCCCCON=Cc1c2c(O)c3c(O)c(C)c4c(c3c1O)C(=O)[C@@](C)(O/C=C/[C@H](OC)[C@H](C)[C@@H](OC(C)=O)[C@@H](C)[C@H](O)[C@H](C)[C@@H](O)[C@@H](C)/C=C/C=C(/C)C(=O)N2)O4. The minimum absolute atomic E-state index is 0.0402. The number of hydrogen-bond acceptors (Lipinski definition) is 14. The summed E-state index contributed by atoms with van der Waals surface area (Å²) >= 11 is 0. The van der Waals surface area contributed by atoms with E-state index in [2.05, 4.69) is 17.4 Å². The van der Waals surface area contributed by atoms with Crippen LogP contribution in [0.1, 0.15) is 103 Å². The highest BCUT2D eigenvalue weighted by atomic mass is 16.7. The summed E-state index contributed by atoms with van der Waals surface area (Å²) in [5.74, 6) is -8.56. The topological polar surface area (TPSA) is 223 Å². The number of aliphatic hydroxyl groups is 2. The fraction of sp³-hybridized carbons (Fsp3) is 0.545. The molecule has 5 rings (SSSR count). The molecule has 0 radical (unpaired) electrons. The number of nitrogens with zero attached hydrogens (tertiary/aromatic N) is 1. The molecule has 2 aromatic carbocycles. The number of phenols is 3. The van der Waals surface area contributed by atoms with Crippen molar-refractivity contribution in [1.29, 1.82) is 0 Å². The van der Waals surface area contributed by atoms with Gasteiger partial charge in [-0.1, -0.05) is 70.8 Å². The molecule has 15 nitrogen and oxygen atoms in total. The zero-order valence-electron chi connectivity index (χ0n) is 35.6. The first-order valence-electron chi connectivity index (χ1n) is 20.1. The maximum Gasteiger partial charge on any atom is 0.312 e. The van der Waals surface area contributed by atoms with Gasteiger partial charge in [0.15, 0.2) is 5.75 Å². The molecule has 324 valence electrons. The number of ether oxygens (including phenoxy) is 4. The number of ketones is 1. The Morgan fingerprint density at radius 2 is 1.64 bits per heavy atom. The van der Waals surface area contributed by atoms with Gasteiger partial charge in [-0.15, -0.1) is 0 Å². The number of fused-ring (bicyclic) bond motifs is 14. The molecule has 3 aliphatic heterocycles. The van der Waals surface area contributed by atoms with E-state index in [0.29, 0.717) is 6.42 Å². The summed E-state index contributed by atoms with van der Waals surface area (Å²) in [6, 6.07) is 0. The van der Waals surface area contributed by atoms with Gasteiger partial charge in [-0.3, -0.25) is 14.4 Å². The largest absolute Gasteiger partial charge is 0.507 e. The first kappa shape index (κ1) is 46.6. The molecule has 0 aliphatic carbocycles. The summed E-state index contributed by atoms with van der Waals surface area (Å²) in [5.41, 5.74) is -0.556. The summed E-state index contributed by atoms with van der Waals surface area (Å²) in [7, 11) is 1.43. The van der Waals surface area contributed by atoms with Crippen LogP contribution in [-0.4, -0.2) is 93.3 Å². The molecule has 2 aromatic rings. The van der Waals surface area contributed by atoms with Crippen LogP contribution < -0.4 is 10.1 Å². The van der Waals surface area contributed by atoms with Gasteiger partial charge < -0.3 is 54.6 Å². The van der Waals surface area contributed by atoms with Crippen LogP contribution in [0.25, 0.3) is 10.8 Å². The Bertz CT molecular complexity index is 2010. The lowest BCUT2D eigenvalue weighted by Crippen LogP contribution is -2.46. The number of aromatic hydroxyl groups is 3. The fourth-order valence-corrected chi connectivity index (χ4v) is 7.61. The third-order valence-electron chi connectivity index (χ3n) is 11.4. The number of carbonyl (C=O) groups is 3. The van der Waals surface area contributed by atoms with Gasteiger partial charge in [0, 0.05) is 61.2 Å². The minimum Gasteiger partial charge on any atom is -0.507 e. The quantitative estimate of drug-likeness (QED) is 0.0388. The van der Waals surface area contributed by atoms with Crippen LogP contribution in [0.3, 0.4) is 0 Å². The number of carbonyl (C=O) groups excluding carboxylic acids is 3. The second-order valence-corrected chi connectivity index (χ2v) is 15.7. The lowest BCUT2D eigenvalue weighted by molar-refractivity contribution is -0.160. The lowest BCUT2D eigenvalue weighted by atomic mass is 9.78. The molecule has 0 unspecified atom stereocenters. The standard InChI is InChI=1S/C44H60N2O13/c1-11-12-13-14-19-57-45-21-29-34-39(52)32-31(38(29)51)33-41(27(7)37(32)50)59-44(9,42(33)53)56-20-18-30(55-10)24(4)40(58-28(8)47)26(6)36(49)25(5)35(48)22(2)16-15-17-23(3)43(54)46-34/h15-18,20-22,24-26,30,35-36,40,48-52H,11-14,19H2,1-10H3,(H,46,54)/b16-15+,20-18+,23-17-,45-21?/t22-,24-,25+,26-,30-,35-,36+,40+,44-/m0/s1. The second-order valence-electron chi connectivity index (χ2n) is 15.7. The number of allylic oxidation sites excluding steroid dienone is 2. The minimum atomic E-state index is -2.05. The van der Waals surface area contributed by atoms with E-state index >= 15 is 0 Å². The van der Waals surface area contributed by atoms with Gasteiger partial charge >= 0.3 is 11.8 Å². The molecular weight excluding hydrogens is 764 g/mol. The summed E-state index contributed by atoms with van der Waals surface area (Å²) in [4.78, 5) is 45.8. The first-order chi connectivity index (χ1) is 27.8. The number of rotatable bonds is 9. The molecule has 1 amide bonds. The molecule has 15 heteroatoms. The Balaban J connectivity index is 1.93. The van der Waals surface area contributed by atoms with E-state index in [9.17, 15) is 39.9 Å². The monoisotopic (exact) mass is 824 g/mol. The third-order valence-corrected chi connectivity index (χ3v) is 11.4. The number of unbranched alkanes of at least 4 members (excludes halogenated alkanes) is 3. The number of amides is 1. The number of anilines is 1. The maximum absolute atomic E-state index is 14.4. The molecule has 0 aromatic heterocycles. The molecule has 0 saturated heterocycles. The molecular formula is C44H60N2O13. The number of esters is 1. The number of oxime groups is 1. The molecule has 0 spiro atoms. The van der Waals surface area contributed by atoms with Gasteiger partial charge in [-0.25, -0.2) is 0 Å². The number of phenolic OH excluding ortho intramolecular Hbond substituents is 3. The predicted octanol–water partition coefficient (Wildman–Crippen LogP) is 6.68. The van der Waals surface area contributed by atoms with Crippen LogP contribution >= 0.6 is 0 Å². The van der Waals surface area contributed by atoms with Crippen LogP contribution in [0.4, 0.5) is 5.69 Å². The molecule has 5 bridgehead atoms. The van der Waals surface area contributed by atoms with Crippen LogP contribution in [0, 0.1) is 30.6 Å². The van der Waals surface area contributed by atoms with Crippen molar-refractivity contribution < 1.29 is 63.7 Å². The predicted molar refractivity (Wildman–Crippen MR) is 222 cm³/mol. The number of hydrogen-bond donors (Lipinski definition) is 6. The van der Waals surface area contributed by atoms with Gasteiger partial charge in [-0.05, 0) is 32.8 Å². The molecule has 59 heavy (non-hydrogen) atoms.